The molecule has 0 aliphatic carbocycles. The summed E-state index contributed by atoms with van der Waals surface area (Å²) < 4.78 is 5.25. The molecule has 1 amide bonds. The monoisotopic (exact) mass is 558 g/mol. The van der Waals surface area contributed by atoms with Gasteiger partial charge in [-0.05, 0) is 50.4 Å². The van der Waals surface area contributed by atoms with Crippen molar-refractivity contribution in [2.45, 2.75) is 26.8 Å². The van der Waals surface area contributed by atoms with Crippen LogP contribution < -0.4 is 16.6 Å². The number of hydrogen-bond acceptors (Lipinski definition) is 6. The molecule has 2 aromatic carbocycles. The Balaban J connectivity index is 0.000000267. The number of anilines is 1. The van der Waals surface area contributed by atoms with Gasteiger partial charge in [-0.25, -0.2) is 9.97 Å². The number of nitrogen functional groups attached to an aromatic ring is 1. The summed E-state index contributed by atoms with van der Waals surface area (Å²) in [5.74, 6) is 6.85. The summed E-state index contributed by atoms with van der Waals surface area (Å²) in [4.78, 5) is 32.9. The average molecular weight is 559 g/mol. The minimum Gasteiger partial charge on any atom is -0.383 e. The van der Waals surface area contributed by atoms with Crippen molar-refractivity contribution in [3.8, 4) is 17.5 Å². The third kappa shape index (κ3) is 5.36. The molecule has 0 bridgehead atoms. The molecule has 6 rings (SSSR count). The zero-order valence-electron chi connectivity index (χ0n) is 23.7. The summed E-state index contributed by atoms with van der Waals surface area (Å²) in [7, 11) is 1.87. The Morgan fingerprint density at radius 3 is 2.50 bits per heavy atom. The summed E-state index contributed by atoms with van der Waals surface area (Å²) >= 11 is 0. The number of nitrogens with zero attached hydrogens (tertiary/aromatic N) is 6. The molecule has 0 saturated heterocycles. The van der Waals surface area contributed by atoms with Gasteiger partial charge in [-0.1, -0.05) is 42.2 Å². The first-order valence-corrected chi connectivity index (χ1v) is 13.3. The SMILES string of the molecule is Cc1c(C#Cc2cccc3cc(C(C)NC=O)n(-c4ccccc4)c(=O)c23)cnn1C.Cc1c(N)ncn2ccnc12. The third-order valence-electron chi connectivity index (χ3n) is 7.13. The van der Waals surface area contributed by atoms with Crippen molar-refractivity contribution < 1.29 is 4.79 Å². The van der Waals surface area contributed by atoms with E-state index >= 15 is 0 Å². The van der Waals surface area contributed by atoms with Crippen molar-refractivity contribution in [3.05, 3.63) is 118 Å². The molecule has 0 spiro atoms. The molecule has 1 unspecified atom stereocenters. The van der Waals surface area contributed by atoms with Gasteiger partial charge in [0, 0.05) is 41.9 Å². The normalized spacial score (nSPS) is 11.3. The Morgan fingerprint density at radius 1 is 1.02 bits per heavy atom. The number of fused-ring (bicyclic) bond motifs is 2. The van der Waals surface area contributed by atoms with E-state index < -0.39 is 0 Å². The minimum absolute atomic E-state index is 0.175. The lowest BCUT2D eigenvalue weighted by Crippen LogP contribution is -2.28. The van der Waals surface area contributed by atoms with Crippen molar-refractivity contribution in [3.63, 3.8) is 0 Å². The molecule has 1 atom stereocenters. The topological polar surface area (TPSA) is 125 Å². The number of aryl methyl sites for hydroxylation is 2. The van der Waals surface area contributed by atoms with Gasteiger partial charge < -0.3 is 11.1 Å². The van der Waals surface area contributed by atoms with Gasteiger partial charge in [0.25, 0.3) is 5.56 Å². The maximum absolute atomic E-state index is 13.7. The van der Waals surface area contributed by atoms with Crippen LogP contribution in [-0.4, -0.2) is 35.1 Å². The molecule has 10 heteroatoms. The zero-order chi connectivity index (χ0) is 29.8. The number of carbonyl (C=O) groups excluding carboxylic acids is 1. The summed E-state index contributed by atoms with van der Waals surface area (Å²) in [5, 5.41) is 8.30. The van der Waals surface area contributed by atoms with Crippen LogP contribution >= 0.6 is 0 Å². The van der Waals surface area contributed by atoms with E-state index in [1.807, 2.05) is 93.0 Å². The number of imidazole rings is 1. The number of pyridine rings is 1. The van der Waals surface area contributed by atoms with Crippen LogP contribution in [0.5, 0.6) is 0 Å². The molecule has 0 saturated carbocycles. The van der Waals surface area contributed by atoms with Crippen molar-refractivity contribution in [2.75, 3.05) is 5.73 Å². The summed E-state index contributed by atoms with van der Waals surface area (Å²) in [5.41, 5.74) is 11.1. The quantitative estimate of drug-likeness (QED) is 0.250. The highest BCUT2D eigenvalue weighted by Crippen LogP contribution is 2.23. The first kappa shape index (κ1) is 27.9. The smallest absolute Gasteiger partial charge is 0.264 e. The van der Waals surface area contributed by atoms with Crippen LogP contribution in [0.3, 0.4) is 0 Å². The number of rotatable bonds is 4. The van der Waals surface area contributed by atoms with Crippen LogP contribution in [0.25, 0.3) is 22.1 Å². The van der Waals surface area contributed by atoms with Crippen molar-refractivity contribution in [1.82, 2.24) is 34.0 Å². The van der Waals surface area contributed by atoms with Crippen LogP contribution in [0, 0.1) is 25.7 Å². The highest BCUT2D eigenvalue weighted by molar-refractivity contribution is 5.88. The molecule has 6 aromatic rings. The summed E-state index contributed by atoms with van der Waals surface area (Å²) in [6, 6.07) is 16.6. The molecule has 0 aliphatic rings. The van der Waals surface area contributed by atoms with Crippen LogP contribution in [0.1, 0.15) is 41.0 Å². The van der Waals surface area contributed by atoms with Crippen LogP contribution in [0.4, 0.5) is 5.82 Å². The summed E-state index contributed by atoms with van der Waals surface area (Å²) in [6.45, 7) is 5.71. The third-order valence-corrected chi connectivity index (χ3v) is 7.13. The number of nitrogens with two attached hydrogens (primary N) is 1. The highest BCUT2D eigenvalue weighted by Gasteiger charge is 2.17. The second kappa shape index (κ2) is 11.8. The maximum Gasteiger partial charge on any atom is 0.264 e. The maximum atomic E-state index is 13.7. The van der Waals surface area contributed by atoms with Gasteiger partial charge in [-0.2, -0.15) is 5.10 Å². The van der Waals surface area contributed by atoms with Gasteiger partial charge in [0.1, 0.15) is 17.8 Å². The van der Waals surface area contributed by atoms with E-state index in [2.05, 4.69) is 32.2 Å². The second-order valence-electron chi connectivity index (χ2n) is 9.75. The molecular weight excluding hydrogens is 528 g/mol. The summed E-state index contributed by atoms with van der Waals surface area (Å²) in [6.07, 6.45) is 7.59. The first-order chi connectivity index (χ1) is 20.3. The molecule has 4 aromatic heterocycles. The molecule has 210 valence electrons. The van der Waals surface area contributed by atoms with Gasteiger partial charge >= 0.3 is 0 Å². The lowest BCUT2D eigenvalue weighted by atomic mass is 10.0. The van der Waals surface area contributed by atoms with Crippen LogP contribution in [0.2, 0.25) is 0 Å². The molecule has 0 fully saturated rings. The van der Waals surface area contributed by atoms with Gasteiger partial charge in [0.05, 0.1) is 28.9 Å². The van der Waals surface area contributed by atoms with Gasteiger partial charge in [-0.3, -0.25) is 23.2 Å². The van der Waals surface area contributed by atoms with Gasteiger partial charge in [0.2, 0.25) is 6.41 Å². The number of nitrogens with one attached hydrogen (secondary N) is 1. The average Bonchev–Trinajstić information content (AvgIpc) is 3.61. The largest absolute Gasteiger partial charge is 0.383 e. The Bertz CT molecular complexity index is 2030. The Kier molecular flexibility index (Phi) is 7.84. The number of hydrogen-bond donors (Lipinski definition) is 2. The van der Waals surface area contributed by atoms with E-state index in [9.17, 15) is 9.59 Å². The zero-order valence-corrected chi connectivity index (χ0v) is 23.7. The molecule has 4 heterocycles. The minimum atomic E-state index is -0.345. The Hall–Kier alpha value is -5.69. The lowest BCUT2D eigenvalue weighted by Gasteiger charge is -2.19. The number of benzene rings is 2. The van der Waals surface area contributed by atoms with Crippen molar-refractivity contribution in [2.24, 2.45) is 7.05 Å². The molecule has 3 N–H and O–H groups in total. The Labute approximate surface area is 242 Å². The molecule has 0 radical (unpaired) electrons. The van der Waals surface area contributed by atoms with Crippen LogP contribution in [0.15, 0.2) is 84.3 Å². The predicted octanol–water partition coefficient (Wildman–Crippen LogP) is 3.86. The van der Waals surface area contributed by atoms with E-state index in [1.165, 1.54) is 0 Å². The second-order valence-corrected chi connectivity index (χ2v) is 9.75. The molecule has 10 nitrogen and oxygen atoms in total. The predicted molar refractivity (Wildman–Crippen MR) is 163 cm³/mol. The number of carbonyl (C=O) groups is 1. The fourth-order valence-electron chi connectivity index (χ4n) is 4.62. The Morgan fingerprint density at radius 2 is 1.79 bits per heavy atom. The number of aromatic nitrogens is 6. The standard InChI is InChI=1S/C25H22N4O2.C7H8N4/c1-17(26-16-30)23-14-20-9-7-8-19(12-13-21-15-27-28(3)18(21)2)24(20)25(31)29(23)22-10-5-4-6-11-22;1-5-6(8)10-4-11-3-2-9-7(5)11/h4-11,14-17H,1-3H3,(H,26,30);2-4H,8H2,1H3. The van der Waals surface area contributed by atoms with Crippen molar-refractivity contribution >= 4 is 28.6 Å². The van der Waals surface area contributed by atoms with E-state index in [1.54, 1.807) is 28.0 Å². The lowest BCUT2D eigenvalue weighted by molar-refractivity contribution is -0.110. The fraction of sp³-hybridized carbons (Fsp3) is 0.156. The number of amides is 1. The van der Waals surface area contributed by atoms with E-state index in [-0.39, 0.29) is 11.6 Å². The van der Waals surface area contributed by atoms with Gasteiger partial charge in [-0.15, -0.1) is 0 Å². The fourth-order valence-corrected chi connectivity index (χ4v) is 4.62. The van der Waals surface area contributed by atoms with E-state index in [0.29, 0.717) is 28.9 Å². The highest BCUT2D eigenvalue weighted by atomic mass is 16.1. The van der Waals surface area contributed by atoms with E-state index in [0.717, 1.165) is 33.5 Å². The molecular formula is C32H30N8O2. The van der Waals surface area contributed by atoms with Crippen molar-refractivity contribution in [1.29, 1.82) is 0 Å². The van der Waals surface area contributed by atoms with E-state index in [4.69, 9.17) is 5.73 Å². The first-order valence-electron chi connectivity index (χ1n) is 13.3. The van der Waals surface area contributed by atoms with Crippen LogP contribution in [-0.2, 0) is 11.8 Å². The van der Waals surface area contributed by atoms with Gasteiger partial charge in [0.15, 0.2) is 0 Å². The molecule has 0 aliphatic heterocycles. The molecule has 42 heavy (non-hydrogen) atoms. The number of para-hydroxylation sites is 1.